The zero-order chi connectivity index (χ0) is 30.8. The summed E-state index contributed by atoms with van der Waals surface area (Å²) in [5, 5.41) is 15.7. The van der Waals surface area contributed by atoms with Gasteiger partial charge in [-0.3, -0.25) is 0 Å². The molecule has 3 aliphatic rings. The van der Waals surface area contributed by atoms with Crippen molar-refractivity contribution in [2.75, 3.05) is 36.0 Å². The molecule has 2 fully saturated rings. The maximum Gasteiger partial charge on any atom is 0.162 e. The molecule has 2 saturated heterocycles. The second-order valence-corrected chi connectivity index (χ2v) is 16.1. The minimum Gasteiger partial charge on any atom is -0.504 e. The number of phenols is 1. The summed E-state index contributed by atoms with van der Waals surface area (Å²) in [6.45, 7) is 11.1. The minimum absolute atomic E-state index is 0. The Balaban J connectivity index is 0.000000505. The van der Waals surface area contributed by atoms with Crippen molar-refractivity contribution in [3.63, 3.8) is 0 Å². The van der Waals surface area contributed by atoms with Crippen molar-refractivity contribution in [3.8, 4) is 5.75 Å². The van der Waals surface area contributed by atoms with Gasteiger partial charge in [-0.25, -0.2) is 0 Å². The normalized spacial score (nSPS) is 18.4. The van der Waals surface area contributed by atoms with E-state index in [1.54, 1.807) is 0 Å². The Kier molecular flexibility index (Phi) is 15.6. The van der Waals surface area contributed by atoms with E-state index in [0.717, 1.165) is 37.0 Å². The van der Waals surface area contributed by atoms with Crippen LogP contribution in [0.3, 0.4) is 0 Å². The second-order valence-electron chi connectivity index (χ2n) is 13.7. The number of benzene rings is 3. The number of hydrogen-bond donors (Lipinski definition) is 1. The molecule has 0 aromatic heterocycles. The van der Waals surface area contributed by atoms with Gasteiger partial charge in [0.25, 0.3) is 0 Å². The Morgan fingerprint density at radius 2 is 1.22 bits per heavy atom. The average Bonchev–Trinajstić information content (AvgIpc) is 3.03. The fourth-order valence-corrected chi connectivity index (χ4v) is 9.97. The van der Waals surface area contributed by atoms with Crippen LogP contribution in [-0.4, -0.2) is 31.3 Å². The maximum absolute atomic E-state index is 11.8. The Labute approximate surface area is 292 Å². The standard InChI is InChI=1S/C32H41N2OP.C8H13.CH3.Ni/c1-32(2,3)26-17-13-20-29(30(26)35)36(25-15-7-4-8-16-25)31-27(33-21-9-5-10-22-33)18-14-19-28(31)34-23-11-6-12-24-34;1-2-4-6-8-7-5-3-1;;/h4,7-8,13-20,35H,5-6,9-12,21-24H2,1-3H3;1-2,7H,3-6,8H2;1H3;/q;-1;+1;/p+1/b;2-1-;;. The van der Waals surface area contributed by atoms with Crippen LogP contribution < -0.4 is 25.7 Å². The second kappa shape index (κ2) is 18.8. The van der Waals surface area contributed by atoms with Crippen LogP contribution in [-0.2, 0) is 21.9 Å². The molecule has 0 radical (unpaired) electrons. The van der Waals surface area contributed by atoms with Gasteiger partial charge >= 0.3 is 0 Å². The number of nitrogens with zero attached hydrogens (tertiary/aromatic N) is 2. The molecule has 5 heteroatoms. The van der Waals surface area contributed by atoms with Gasteiger partial charge in [0.1, 0.15) is 23.8 Å². The fourth-order valence-electron chi connectivity index (χ4n) is 6.95. The number of phenolic OH excluding ortho intramolecular Hbond substituents is 1. The molecule has 1 atom stereocenters. The molecule has 0 spiro atoms. The van der Waals surface area contributed by atoms with Gasteiger partial charge < -0.3 is 21.3 Å². The third-order valence-corrected chi connectivity index (χ3v) is 12.2. The number of allylic oxidation sites excluding steroid dienone is 2. The van der Waals surface area contributed by atoms with Gasteiger partial charge in [0, 0.05) is 55.7 Å². The Bertz CT molecular complexity index is 1290. The van der Waals surface area contributed by atoms with Crippen LogP contribution in [0.25, 0.3) is 0 Å². The maximum atomic E-state index is 11.8. The third kappa shape index (κ3) is 9.81. The topological polar surface area (TPSA) is 26.7 Å². The number of rotatable bonds is 5. The molecule has 2 aliphatic heterocycles. The molecule has 1 unspecified atom stereocenters. The SMILES string of the molecule is C1=C\CCC[CH-]CC/1.CC(C)(C)c1cccc([PH+](c2ccccc2)c2c(N3CCCCC3)cccc2N2CCCCC2)c1O.[CH3+].[Ni]. The van der Waals surface area contributed by atoms with Crippen LogP contribution in [0, 0.1) is 13.8 Å². The van der Waals surface area contributed by atoms with Crippen LogP contribution in [0.5, 0.6) is 5.75 Å². The van der Waals surface area contributed by atoms with Crippen LogP contribution in [0.2, 0.25) is 0 Å². The Morgan fingerprint density at radius 1 is 0.652 bits per heavy atom. The largest absolute Gasteiger partial charge is 0.504 e. The number of piperidine rings is 2. The van der Waals surface area contributed by atoms with E-state index in [2.05, 4.69) is 116 Å². The van der Waals surface area contributed by atoms with Crippen molar-refractivity contribution in [1.82, 2.24) is 0 Å². The van der Waals surface area contributed by atoms with Gasteiger partial charge in [-0.15, -0.1) is 0 Å². The third-order valence-electron chi connectivity index (χ3n) is 9.32. The van der Waals surface area contributed by atoms with Crippen molar-refractivity contribution >= 4 is 35.2 Å². The molecule has 6 rings (SSSR count). The molecule has 2 heterocycles. The number of aromatic hydroxyl groups is 1. The van der Waals surface area contributed by atoms with Crippen LogP contribution in [0.1, 0.15) is 97.0 Å². The van der Waals surface area contributed by atoms with Gasteiger partial charge in [0.05, 0.1) is 11.4 Å². The first-order chi connectivity index (χ1) is 21.4. The molecule has 252 valence electrons. The molecular formula is C41H58N2NiOP+. The van der Waals surface area contributed by atoms with E-state index in [1.165, 1.54) is 92.6 Å². The van der Waals surface area contributed by atoms with E-state index in [4.69, 9.17) is 0 Å². The fraction of sp³-hybridized carbons (Fsp3) is 0.463. The van der Waals surface area contributed by atoms with E-state index in [-0.39, 0.29) is 29.3 Å². The molecule has 0 bridgehead atoms. The summed E-state index contributed by atoms with van der Waals surface area (Å²) >= 11 is 0. The number of para-hydroxylation sites is 1. The monoisotopic (exact) mass is 683 g/mol. The van der Waals surface area contributed by atoms with Crippen molar-refractivity contribution in [1.29, 1.82) is 0 Å². The summed E-state index contributed by atoms with van der Waals surface area (Å²) in [7, 11) is -1.48. The summed E-state index contributed by atoms with van der Waals surface area (Å²) < 4.78 is 0. The Morgan fingerprint density at radius 3 is 1.80 bits per heavy atom. The first-order valence-electron chi connectivity index (χ1n) is 17.3. The summed E-state index contributed by atoms with van der Waals surface area (Å²) in [4.78, 5) is 5.26. The zero-order valence-electron chi connectivity index (χ0n) is 28.8. The molecule has 3 aromatic rings. The van der Waals surface area contributed by atoms with E-state index >= 15 is 0 Å². The van der Waals surface area contributed by atoms with E-state index in [9.17, 15) is 5.11 Å². The van der Waals surface area contributed by atoms with Crippen molar-refractivity contribution in [2.24, 2.45) is 0 Å². The first kappa shape index (κ1) is 38.0. The van der Waals surface area contributed by atoms with Gasteiger partial charge in [-0.2, -0.15) is 12.8 Å². The van der Waals surface area contributed by atoms with E-state index in [0.29, 0.717) is 5.75 Å². The number of anilines is 2. The van der Waals surface area contributed by atoms with Crippen LogP contribution in [0.4, 0.5) is 11.4 Å². The Hall–Kier alpha value is -2.41. The molecule has 46 heavy (non-hydrogen) atoms. The van der Waals surface area contributed by atoms with Gasteiger partial charge in [0.2, 0.25) is 0 Å². The smallest absolute Gasteiger partial charge is 0.162 e. The predicted octanol–water partition coefficient (Wildman–Crippen LogP) is 9.32. The van der Waals surface area contributed by atoms with Crippen molar-refractivity contribution < 1.29 is 21.6 Å². The first-order valence-corrected chi connectivity index (χ1v) is 18.8. The molecule has 0 amide bonds. The number of hydrogen-bond acceptors (Lipinski definition) is 3. The summed E-state index contributed by atoms with van der Waals surface area (Å²) in [5.74, 6) is 0.487. The molecular weight excluding hydrogens is 626 g/mol. The quantitative estimate of drug-likeness (QED) is 0.126. The molecule has 3 nitrogen and oxygen atoms in total. The molecule has 0 saturated carbocycles. The predicted molar refractivity (Wildman–Crippen MR) is 202 cm³/mol. The summed E-state index contributed by atoms with van der Waals surface area (Å²) in [6, 6.07) is 24.4. The van der Waals surface area contributed by atoms with E-state index < -0.39 is 7.92 Å². The minimum atomic E-state index is -1.48. The van der Waals surface area contributed by atoms with Crippen LogP contribution >= 0.6 is 7.92 Å². The van der Waals surface area contributed by atoms with Crippen LogP contribution in [0.15, 0.2) is 78.9 Å². The zero-order valence-corrected chi connectivity index (χ0v) is 30.8. The van der Waals surface area contributed by atoms with Crippen molar-refractivity contribution in [3.05, 3.63) is 98.3 Å². The van der Waals surface area contributed by atoms with E-state index in [1.807, 2.05) is 0 Å². The van der Waals surface area contributed by atoms with Gasteiger partial charge in [0.15, 0.2) is 5.75 Å². The molecule has 1 aliphatic carbocycles. The van der Waals surface area contributed by atoms with Gasteiger partial charge in [-0.1, -0.05) is 82.2 Å². The van der Waals surface area contributed by atoms with Crippen molar-refractivity contribution in [2.45, 2.75) is 96.8 Å². The summed E-state index contributed by atoms with van der Waals surface area (Å²) in [6.07, 6.45) is 21.2. The van der Waals surface area contributed by atoms with Gasteiger partial charge in [-0.05, 0) is 80.7 Å². The summed E-state index contributed by atoms with van der Waals surface area (Å²) in [5.41, 5.74) is 3.69. The average molecular weight is 685 g/mol. The molecule has 3 aromatic carbocycles. The molecule has 1 N–H and O–H groups in total.